The van der Waals surface area contributed by atoms with Gasteiger partial charge >= 0.3 is 0 Å². The van der Waals surface area contributed by atoms with Crippen LogP contribution in [-0.2, 0) is 0 Å². The topological polar surface area (TPSA) is 0 Å². The van der Waals surface area contributed by atoms with Gasteiger partial charge in [-0.3, -0.25) is 0 Å². The van der Waals surface area contributed by atoms with Crippen LogP contribution in [0.5, 0.6) is 0 Å². The molecule has 0 saturated carbocycles. The number of hydrogen-bond acceptors (Lipinski definition) is 2. The van der Waals surface area contributed by atoms with Gasteiger partial charge in [-0.15, -0.1) is 0 Å². The second-order valence-electron chi connectivity index (χ2n) is 4.10. The maximum atomic E-state index is 2.40. The maximum absolute atomic E-state index is 2.40. The van der Waals surface area contributed by atoms with Crippen LogP contribution in [0.15, 0.2) is 24.3 Å². The quantitative estimate of drug-likeness (QED) is 0.607. The molecule has 0 aromatic heterocycles. The highest BCUT2D eigenvalue weighted by Gasteiger charge is 2.33. The molecule has 2 rings (SSSR count). The summed E-state index contributed by atoms with van der Waals surface area (Å²) in [5, 5.41) is 0.810. The lowest BCUT2D eigenvalue weighted by Crippen LogP contribution is -2.32. The molecule has 3 atom stereocenters. The predicted molar refractivity (Wildman–Crippen MR) is 63.9 cm³/mol. The van der Waals surface area contributed by atoms with Crippen LogP contribution >= 0.6 is 21.6 Å². The summed E-state index contributed by atoms with van der Waals surface area (Å²) in [4.78, 5) is 0. The lowest BCUT2D eigenvalue weighted by atomic mass is 9.83. The fraction of sp³-hybridized carbons (Fsp3) is 0.636. The van der Waals surface area contributed by atoms with Crippen LogP contribution in [0.2, 0.25) is 0 Å². The summed E-state index contributed by atoms with van der Waals surface area (Å²) >= 11 is 0. The van der Waals surface area contributed by atoms with Gasteiger partial charge in [0.25, 0.3) is 0 Å². The first kappa shape index (κ1) is 9.72. The summed E-state index contributed by atoms with van der Waals surface area (Å²) in [7, 11) is 4.14. The minimum Gasteiger partial charge on any atom is -0.0932 e. The van der Waals surface area contributed by atoms with Crippen LogP contribution in [0.25, 0.3) is 0 Å². The van der Waals surface area contributed by atoms with Gasteiger partial charge in [0.15, 0.2) is 0 Å². The van der Waals surface area contributed by atoms with E-state index in [-0.39, 0.29) is 0 Å². The van der Waals surface area contributed by atoms with Crippen LogP contribution in [-0.4, -0.2) is 11.0 Å². The lowest BCUT2D eigenvalue weighted by molar-refractivity contribution is 0.421. The Morgan fingerprint density at radius 3 is 2.77 bits per heavy atom. The number of fused-ring (bicyclic) bond motifs is 1. The molecule has 0 nitrogen and oxygen atoms in total. The van der Waals surface area contributed by atoms with Gasteiger partial charge < -0.3 is 0 Å². The van der Waals surface area contributed by atoms with Crippen molar-refractivity contribution in [2.75, 3.05) is 5.75 Å². The molecule has 0 aromatic carbocycles. The molecule has 0 radical (unpaired) electrons. The molecule has 3 unspecified atom stereocenters. The van der Waals surface area contributed by atoms with E-state index in [4.69, 9.17) is 0 Å². The van der Waals surface area contributed by atoms with Crippen molar-refractivity contribution in [2.24, 2.45) is 17.8 Å². The minimum atomic E-state index is 0.788. The second kappa shape index (κ2) is 4.14. The SMILES string of the molecule is CC(C)C1SSCC2C=CC=CC21. The van der Waals surface area contributed by atoms with Crippen LogP contribution < -0.4 is 0 Å². The first-order chi connectivity index (χ1) is 6.29. The molecule has 0 N–H and O–H groups in total. The summed E-state index contributed by atoms with van der Waals surface area (Å²) in [6.07, 6.45) is 9.21. The van der Waals surface area contributed by atoms with Crippen LogP contribution in [0, 0.1) is 17.8 Å². The molecule has 0 bridgehead atoms. The Labute approximate surface area is 88.6 Å². The molecule has 0 aromatic rings. The average Bonchev–Trinajstić information content (AvgIpc) is 2.17. The molecule has 1 fully saturated rings. The Morgan fingerprint density at radius 2 is 2.00 bits per heavy atom. The van der Waals surface area contributed by atoms with E-state index in [1.165, 1.54) is 5.75 Å². The Morgan fingerprint density at radius 1 is 1.23 bits per heavy atom. The summed E-state index contributed by atoms with van der Waals surface area (Å²) in [6, 6.07) is 0. The van der Waals surface area contributed by atoms with Gasteiger partial charge in [0.05, 0.1) is 0 Å². The summed E-state index contributed by atoms with van der Waals surface area (Å²) in [5.74, 6) is 3.67. The molecule has 1 aliphatic heterocycles. The molecule has 72 valence electrons. The van der Waals surface area contributed by atoms with Crippen LogP contribution in [0.4, 0.5) is 0 Å². The first-order valence-corrected chi connectivity index (χ1v) is 7.30. The van der Waals surface area contributed by atoms with Crippen LogP contribution in [0.3, 0.4) is 0 Å². The molecule has 13 heavy (non-hydrogen) atoms. The van der Waals surface area contributed by atoms with E-state index in [1.54, 1.807) is 0 Å². The molecular formula is C11H16S2. The van der Waals surface area contributed by atoms with Crippen molar-refractivity contribution in [3.63, 3.8) is 0 Å². The van der Waals surface area contributed by atoms with E-state index in [1.807, 2.05) is 10.8 Å². The second-order valence-corrected chi connectivity index (χ2v) is 6.69. The Hall–Kier alpha value is 0.180. The Balaban J connectivity index is 2.13. The van der Waals surface area contributed by atoms with E-state index >= 15 is 0 Å². The highest BCUT2D eigenvalue weighted by Crippen LogP contribution is 2.47. The standard InChI is InChI=1S/C11H16S2/c1-8(2)11-10-6-4-3-5-9(10)7-12-13-11/h3-6,8-11H,7H2,1-2H3. The molecule has 1 aliphatic carbocycles. The maximum Gasteiger partial charge on any atom is 0.0243 e. The van der Waals surface area contributed by atoms with Crippen LogP contribution in [0.1, 0.15) is 13.8 Å². The van der Waals surface area contributed by atoms with E-state index in [2.05, 4.69) is 48.9 Å². The van der Waals surface area contributed by atoms with Gasteiger partial charge in [-0.2, -0.15) is 0 Å². The highest BCUT2D eigenvalue weighted by atomic mass is 33.1. The zero-order chi connectivity index (χ0) is 9.26. The van der Waals surface area contributed by atoms with Crippen molar-refractivity contribution in [1.82, 2.24) is 0 Å². The predicted octanol–water partition coefficient (Wildman–Crippen LogP) is 3.76. The molecule has 0 spiro atoms. The van der Waals surface area contributed by atoms with Crippen molar-refractivity contribution in [2.45, 2.75) is 19.1 Å². The highest BCUT2D eigenvalue weighted by molar-refractivity contribution is 8.77. The van der Waals surface area contributed by atoms with E-state index in [0.717, 1.165) is 23.0 Å². The summed E-state index contributed by atoms with van der Waals surface area (Å²) in [6.45, 7) is 4.68. The number of allylic oxidation sites excluding steroid dienone is 4. The molecular weight excluding hydrogens is 196 g/mol. The third-order valence-corrected chi connectivity index (χ3v) is 5.99. The van der Waals surface area contributed by atoms with Gasteiger partial charge in [0, 0.05) is 11.0 Å². The largest absolute Gasteiger partial charge is 0.0932 e. The Kier molecular flexibility index (Phi) is 3.10. The zero-order valence-corrected chi connectivity index (χ0v) is 9.78. The molecule has 0 amide bonds. The third kappa shape index (κ3) is 1.99. The van der Waals surface area contributed by atoms with Gasteiger partial charge in [0.2, 0.25) is 0 Å². The van der Waals surface area contributed by atoms with Gasteiger partial charge in [-0.1, -0.05) is 59.7 Å². The fourth-order valence-electron chi connectivity index (χ4n) is 2.01. The normalized spacial score (nSPS) is 37.9. The number of rotatable bonds is 1. The first-order valence-electron chi connectivity index (χ1n) is 4.92. The van der Waals surface area contributed by atoms with E-state index < -0.39 is 0 Å². The fourth-order valence-corrected chi connectivity index (χ4v) is 5.61. The molecule has 1 saturated heterocycles. The van der Waals surface area contributed by atoms with Crippen molar-refractivity contribution in [3.8, 4) is 0 Å². The molecule has 1 heterocycles. The smallest absolute Gasteiger partial charge is 0.0243 e. The summed E-state index contributed by atoms with van der Waals surface area (Å²) < 4.78 is 0. The average molecular weight is 212 g/mol. The monoisotopic (exact) mass is 212 g/mol. The zero-order valence-electron chi connectivity index (χ0n) is 8.14. The van der Waals surface area contributed by atoms with Crippen molar-refractivity contribution < 1.29 is 0 Å². The van der Waals surface area contributed by atoms with Gasteiger partial charge in [-0.05, 0) is 17.8 Å². The van der Waals surface area contributed by atoms with Crippen molar-refractivity contribution in [3.05, 3.63) is 24.3 Å². The number of hydrogen-bond donors (Lipinski definition) is 0. The van der Waals surface area contributed by atoms with Crippen molar-refractivity contribution in [1.29, 1.82) is 0 Å². The minimum absolute atomic E-state index is 0.788. The van der Waals surface area contributed by atoms with Gasteiger partial charge in [-0.25, -0.2) is 0 Å². The van der Waals surface area contributed by atoms with Gasteiger partial charge in [0.1, 0.15) is 0 Å². The summed E-state index contributed by atoms with van der Waals surface area (Å²) in [5.41, 5.74) is 0. The van der Waals surface area contributed by atoms with Crippen molar-refractivity contribution >= 4 is 21.6 Å². The molecule has 2 heteroatoms. The molecule has 2 aliphatic rings. The third-order valence-electron chi connectivity index (χ3n) is 2.77. The van der Waals surface area contributed by atoms with E-state index in [9.17, 15) is 0 Å². The lowest BCUT2D eigenvalue weighted by Gasteiger charge is -2.37. The Bertz CT molecular complexity index is 230. The van der Waals surface area contributed by atoms with E-state index in [0.29, 0.717) is 0 Å².